The summed E-state index contributed by atoms with van der Waals surface area (Å²) in [5.74, 6) is -0.386. The number of hydrogen-bond acceptors (Lipinski definition) is 7. The monoisotopic (exact) mass is 438 g/mol. The number of allylic oxidation sites excluding steroid dienone is 1. The van der Waals surface area contributed by atoms with Gasteiger partial charge in [0.15, 0.2) is 0 Å². The Balaban J connectivity index is 1.60. The minimum absolute atomic E-state index is 0.0799. The van der Waals surface area contributed by atoms with E-state index in [4.69, 9.17) is 15.9 Å². The van der Waals surface area contributed by atoms with E-state index in [2.05, 4.69) is 20.1 Å². The van der Waals surface area contributed by atoms with Crippen molar-refractivity contribution in [3.05, 3.63) is 70.3 Å². The highest BCUT2D eigenvalue weighted by Gasteiger charge is 2.17. The number of H-pyrrole nitrogens is 1. The maximum absolute atomic E-state index is 12.6. The first kappa shape index (κ1) is 23.2. The fraction of sp³-hybridized carbons (Fsp3) is 0.348. The maximum atomic E-state index is 12.6. The Morgan fingerprint density at radius 3 is 2.59 bits per heavy atom. The van der Waals surface area contributed by atoms with Gasteiger partial charge in [0.25, 0.3) is 11.5 Å². The molecule has 0 radical (unpaired) electrons. The summed E-state index contributed by atoms with van der Waals surface area (Å²) >= 11 is 0. The minimum Gasteiger partial charge on any atom is -0.405 e. The largest absolute Gasteiger partial charge is 0.405 e. The Morgan fingerprint density at radius 1 is 1.22 bits per heavy atom. The first-order chi connectivity index (χ1) is 15.5. The molecule has 1 amide bonds. The number of methoxy groups -OCH3 is 1. The minimum atomic E-state index is -0.438. The number of rotatable bonds is 9. The van der Waals surface area contributed by atoms with Crippen LogP contribution in [0, 0.1) is 5.41 Å². The van der Waals surface area contributed by atoms with Crippen LogP contribution in [0.3, 0.4) is 0 Å². The molecule has 0 bridgehead atoms. The number of carbonyl (C=O) groups excluding carboxylic acids is 1. The zero-order valence-corrected chi connectivity index (χ0v) is 18.3. The second-order valence-electron chi connectivity index (χ2n) is 7.58. The predicted molar refractivity (Wildman–Crippen MR) is 127 cm³/mol. The summed E-state index contributed by atoms with van der Waals surface area (Å²) in [5.41, 5.74) is 7.05. The van der Waals surface area contributed by atoms with Gasteiger partial charge < -0.3 is 31.1 Å². The second-order valence-corrected chi connectivity index (χ2v) is 7.58. The molecule has 1 aromatic carbocycles. The van der Waals surface area contributed by atoms with Gasteiger partial charge in [-0.05, 0) is 49.0 Å². The highest BCUT2D eigenvalue weighted by atomic mass is 16.5. The molecule has 0 saturated carbocycles. The van der Waals surface area contributed by atoms with E-state index in [0.717, 1.165) is 51.4 Å². The summed E-state index contributed by atoms with van der Waals surface area (Å²) in [6, 6.07) is 8.83. The van der Waals surface area contributed by atoms with Crippen LogP contribution in [0.25, 0.3) is 0 Å². The Kier molecular flexibility index (Phi) is 8.18. The van der Waals surface area contributed by atoms with Crippen LogP contribution in [0.1, 0.15) is 22.3 Å². The molecular weight excluding hydrogens is 408 g/mol. The zero-order valence-electron chi connectivity index (χ0n) is 18.3. The van der Waals surface area contributed by atoms with Crippen LogP contribution in [-0.2, 0) is 4.74 Å². The highest BCUT2D eigenvalue weighted by Crippen LogP contribution is 2.18. The lowest BCUT2D eigenvalue weighted by atomic mass is 10.1. The van der Waals surface area contributed by atoms with Crippen LogP contribution < -0.4 is 21.5 Å². The van der Waals surface area contributed by atoms with Crippen molar-refractivity contribution in [2.45, 2.75) is 6.42 Å². The average molecular weight is 439 g/mol. The molecular formula is C23H30N6O3. The van der Waals surface area contributed by atoms with Crippen LogP contribution >= 0.6 is 0 Å². The van der Waals surface area contributed by atoms with E-state index in [1.165, 1.54) is 24.5 Å². The van der Waals surface area contributed by atoms with E-state index in [9.17, 15) is 9.59 Å². The number of carbonyl (C=O) groups is 1. The topological polar surface area (TPSA) is 128 Å². The van der Waals surface area contributed by atoms with Crippen molar-refractivity contribution >= 4 is 23.0 Å². The number of hydrogen-bond donors (Lipinski definition) is 4. The van der Waals surface area contributed by atoms with Gasteiger partial charge >= 0.3 is 0 Å². The number of benzene rings is 1. The third-order valence-electron chi connectivity index (χ3n) is 5.42. The summed E-state index contributed by atoms with van der Waals surface area (Å²) in [7, 11) is 1.73. The van der Waals surface area contributed by atoms with Crippen LogP contribution in [0.15, 0.2) is 53.6 Å². The number of nitrogens with zero attached hydrogens (tertiary/aromatic N) is 2. The normalized spacial score (nSPS) is 14.6. The summed E-state index contributed by atoms with van der Waals surface area (Å²) < 4.78 is 5.12. The number of anilines is 2. The molecule has 1 saturated heterocycles. The molecule has 5 N–H and O–H groups in total. The number of nitrogens with one attached hydrogen (secondary N) is 3. The van der Waals surface area contributed by atoms with Crippen LogP contribution in [-0.4, -0.2) is 67.9 Å². The Hall–Kier alpha value is -3.43. The molecule has 3 rings (SSSR count). The fourth-order valence-corrected chi connectivity index (χ4v) is 3.60. The number of aromatic nitrogens is 1. The molecule has 2 aromatic rings. The fourth-order valence-electron chi connectivity index (χ4n) is 3.60. The van der Waals surface area contributed by atoms with Crippen LogP contribution in [0.5, 0.6) is 0 Å². The molecule has 1 aromatic heterocycles. The van der Waals surface area contributed by atoms with Gasteiger partial charge in [-0.3, -0.25) is 14.5 Å². The van der Waals surface area contributed by atoms with E-state index >= 15 is 0 Å². The van der Waals surface area contributed by atoms with E-state index < -0.39 is 5.56 Å². The van der Waals surface area contributed by atoms with Crippen molar-refractivity contribution < 1.29 is 9.53 Å². The molecule has 1 aliphatic rings. The Morgan fingerprint density at radius 2 is 1.94 bits per heavy atom. The van der Waals surface area contributed by atoms with Crippen molar-refractivity contribution in [3.8, 4) is 0 Å². The molecule has 170 valence electrons. The van der Waals surface area contributed by atoms with Gasteiger partial charge in [-0.25, -0.2) is 0 Å². The van der Waals surface area contributed by atoms with E-state index in [-0.39, 0.29) is 17.3 Å². The van der Waals surface area contributed by atoms with Gasteiger partial charge in [0.05, 0.1) is 5.71 Å². The molecule has 2 heterocycles. The van der Waals surface area contributed by atoms with Crippen molar-refractivity contribution in [1.82, 2.24) is 9.88 Å². The Labute approximate surface area is 187 Å². The summed E-state index contributed by atoms with van der Waals surface area (Å²) in [6.45, 7) is 5.70. The summed E-state index contributed by atoms with van der Waals surface area (Å²) in [6.07, 6.45) is 5.09. The van der Waals surface area contributed by atoms with Gasteiger partial charge in [-0.15, -0.1) is 0 Å². The molecule has 32 heavy (non-hydrogen) atoms. The highest BCUT2D eigenvalue weighted by molar-refractivity contribution is 6.08. The number of aromatic amines is 1. The molecule has 1 fully saturated rings. The number of piperazine rings is 1. The molecule has 0 aliphatic carbocycles. The lowest BCUT2D eigenvalue weighted by Crippen LogP contribution is -2.46. The van der Waals surface area contributed by atoms with Crippen molar-refractivity contribution in [2.24, 2.45) is 5.73 Å². The van der Waals surface area contributed by atoms with E-state index in [0.29, 0.717) is 11.1 Å². The number of amides is 1. The average Bonchev–Trinajstić information content (AvgIpc) is 2.81. The molecule has 9 heteroatoms. The summed E-state index contributed by atoms with van der Waals surface area (Å²) in [4.78, 5) is 32.0. The van der Waals surface area contributed by atoms with Crippen LogP contribution in [0.2, 0.25) is 0 Å². The van der Waals surface area contributed by atoms with Gasteiger partial charge in [0.2, 0.25) is 0 Å². The molecule has 1 aliphatic heterocycles. The SMILES string of the molecule is COCCCN1CCN(c2ccc(C(=O)Nc3cc(C(=N)/C=C\N)c[nH]c3=O)cc2)CC1. The standard InChI is InChI=1S/C23H30N6O3/c1-32-14-2-9-28-10-12-29(13-11-28)19-5-3-17(4-6-19)22(30)27-21-15-18(16-26-23(21)31)20(25)7-8-24/h3-8,15-16,25H,2,9-14,24H2,1H3,(H,26,31)(H,27,30)/b8-7-,25-20?. The van der Waals surface area contributed by atoms with Gasteiger partial charge in [0, 0.05) is 69.5 Å². The number of ether oxygens (including phenoxy) is 1. The third kappa shape index (κ3) is 6.05. The second kappa shape index (κ2) is 11.3. The molecule has 0 atom stereocenters. The lowest BCUT2D eigenvalue weighted by molar-refractivity contribution is 0.102. The molecule has 0 unspecified atom stereocenters. The van der Waals surface area contributed by atoms with Crippen LogP contribution in [0.4, 0.5) is 11.4 Å². The lowest BCUT2D eigenvalue weighted by Gasteiger charge is -2.36. The van der Waals surface area contributed by atoms with Crippen molar-refractivity contribution in [2.75, 3.05) is 56.7 Å². The third-order valence-corrected chi connectivity index (χ3v) is 5.42. The predicted octanol–water partition coefficient (Wildman–Crippen LogP) is 1.63. The van der Waals surface area contributed by atoms with Gasteiger partial charge in [-0.1, -0.05) is 0 Å². The Bertz CT molecular complexity index is 1010. The quantitative estimate of drug-likeness (QED) is 0.348. The van der Waals surface area contributed by atoms with Crippen molar-refractivity contribution in [1.29, 1.82) is 5.41 Å². The smallest absolute Gasteiger partial charge is 0.271 e. The summed E-state index contributed by atoms with van der Waals surface area (Å²) in [5, 5.41) is 10.5. The first-order valence-electron chi connectivity index (χ1n) is 10.6. The molecule has 9 nitrogen and oxygen atoms in total. The van der Waals surface area contributed by atoms with Crippen molar-refractivity contribution in [3.63, 3.8) is 0 Å². The maximum Gasteiger partial charge on any atom is 0.271 e. The van der Waals surface area contributed by atoms with E-state index in [1.807, 2.05) is 12.1 Å². The number of nitrogens with two attached hydrogens (primary N) is 1. The first-order valence-corrected chi connectivity index (χ1v) is 10.6. The molecule has 0 spiro atoms. The van der Waals surface area contributed by atoms with Gasteiger partial charge in [0.1, 0.15) is 5.69 Å². The number of pyridine rings is 1. The van der Waals surface area contributed by atoms with E-state index in [1.54, 1.807) is 19.2 Å². The zero-order chi connectivity index (χ0) is 22.9. The van der Waals surface area contributed by atoms with Gasteiger partial charge in [-0.2, -0.15) is 0 Å².